The van der Waals surface area contributed by atoms with Crippen LogP contribution in [-0.2, 0) is 33.0 Å². The van der Waals surface area contributed by atoms with Gasteiger partial charge in [0, 0.05) is 33.2 Å². The number of esters is 1. The number of hydrogen-bond donors (Lipinski definition) is 2. The number of nitrogens with two attached hydrogens (primary N) is 1. The molecule has 1 aliphatic heterocycles. The zero-order chi connectivity index (χ0) is 28.7. The van der Waals surface area contributed by atoms with Crippen LogP contribution >= 0.6 is 0 Å². The van der Waals surface area contributed by atoms with Crippen molar-refractivity contribution < 1.29 is 32.3 Å². The number of carbonyl (C=O) groups is 3. The Labute approximate surface area is 228 Å². The molecule has 0 radical (unpaired) electrons. The second-order valence-electron chi connectivity index (χ2n) is 8.94. The minimum Gasteiger partial charge on any atom is -0.493 e. The molecule has 214 valence electrons. The number of aromatic nitrogens is 2. The van der Waals surface area contributed by atoms with Gasteiger partial charge in [0.2, 0.25) is 10.0 Å². The van der Waals surface area contributed by atoms with E-state index >= 15 is 0 Å². The lowest BCUT2D eigenvalue weighted by Gasteiger charge is -2.33. The van der Waals surface area contributed by atoms with Gasteiger partial charge in [0.15, 0.2) is 0 Å². The molecule has 1 aliphatic rings. The summed E-state index contributed by atoms with van der Waals surface area (Å²) in [6, 6.07) is 4.09. The van der Waals surface area contributed by atoms with Crippen molar-refractivity contribution in [1.82, 2.24) is 19.0 Å². The standard InChI is InChI=1S/C25H36N6O7S/c1-5-8-19-22(23(24(26)33)29(4)28-19)27-25(34)18-15-17(9-10-20(18)37-6-2)39(35,36)31-13-11-30(12-14-31)16-21(32)38-7-3/h9-10,15H,5-8,11-14,16H2,1-4H3,(H2,26,33)(H,27,34). The summed E-state index contributed by atoms with van der Waals surface area (Å²) in [6.45, 7) is 7.10. The first-order chi connectivity index (χ1) is 18.5. The van der Waals surface area contributed by atoms with Crippen molar-refractivity contribution in [2.75, 3.05) is 51.3 Å². The summed E-state index contributed by atoms with van der Waals surface area (Å²) in [5.74, 6) is -1.59. The molecule has 2 aromatic rings. The number of rotatable bonds is 12. The van der Waals surface area contributed by atoms with Gasteiger partial charge in [-0.25, -0.2) is 8.42 Å². The number of sulfonamides is 1. The molecular formula is C25H36N6O7S. The molecule has 0 bridgehead atoms. The number of amides is 2. The van der Waals surface area contributed by atoms with Crippen LogP contribution in [0.1, 0.15) is 53.7 Å². The fourth-order valence-corrected chi connectivity index (χ4v) is 5.83. The quantitative estimate of drug-likeness (QED) is 0.357. The largest absolute Gasteiger partial charge is 0.493 e. The molecule has 3 rings (SSSR count). The van der Waals surface area contributed by atoms with Crippen LogP contribution in [0, 0.1) is 0 Å². The van der Waals surface area contributed by atoms with Gasteiger partial charge in [-0.2, -0.15) is 9.40 Å². The second-order valence-corrected chi connectivity index (χ2v) is 10.9. The maximum atomic E-state index is 13.5. The van der Waals surface area contributed by atoms with E-state index in [9.17, 15) is 22.8 Å². The van der Waals surface area contributed by atoms with E-state index in [-0.39, 0.29) is 66.4 Å². The molecule has 2 amide bonds. The molecule has 1 fully saturated rings. The van der Waals surface area contributed by atoms with E-state index in [1.54, 1.807) is 20.9 Å². The zero-order valence-corrected chi connectivity index (χ0v) is 23.5. The maximum absolute atomic E-state index is 13.5. The Morgan fingerprint density at radius 1 is 1.08 bits per heavy atom. The Kier molecular flexibility index (Phi) is 10.1. The fraction of sp³-hybridized carbons (Fsp3) is 0.520. The lowest BCUT2D eigenvalue weighted by molar-refractivity contribution is -0.144. The third kappa shape index (κ3) is 6.94. The molecule has 14 heteroatoms. The van der Waals surface area contributed by atoms with E-state index in [2.05, 4.69) is 10.4 Å². The van der Waals surface area contributed by atoms with Crippen LogP contribution in [0.2, 0.25) is 0 Å². The Morgan fingerprint density at radius 3 is 2.36 bits per heavy atom. The molecule has 0 atom stereocenters. The lowest BCUT2D eigenvalue weighted by atomic mass is 10.1. The first kappa shape index (κ1) is 30.1. The zero-order valence-electron chi connectivity index (χ0n) is 22.7. The Bertz CT molecular complexity index is 1320. The summed E-state index contributed by atoms with van der Waals surface area (Å²) in [7, 11) is -2.40. The van der Waals surface area contributed by atoms with Crippen LogP contribution in [0.25, 0.3) is 0 Å². The SMILES string of the molecule is CCCc1nn(C)c(C(N)=O)c1NC(=O)c1cc(S(=O)(=O)N2CCN(CC(=O)OCC)CC2)ccc1OCC. The minimum absolute atomic E-state index is 0.0133. The lowest BCUT2D eigenvalue weighted by Crippen LogP contribution is -2.50. The molecule has 0 spiro atoms. The van der Waals surface area contributed by atoms with E-state index in [1.165, 1.54) is 27.2 Å². The van der Waals surface area contributed by atoms with Crippen molar-refractivity contribution in [2.45, 2.75) is 38.5 Å². The Morgan fingerprint density at radius 2 is 1.77 bits per heavy atom. The van der Waals surface area contributed by atoms with E-state index in [0.29, 0.717) is 31.6 Å². The van der Waals surface area contributed by atoms with Crippen molar-refractivity contribution in [2.24, 2.45) is 12.8 Å². The molecule has 39 heavy (non-hydrogen) atoms. The van der Waals surface area contributed by atoms with Gasteiger partial charge in [0.25, 0.3) is 11.8 Å². The van der Waals surface area contributed by atoms with Gasteiger partial charge in [-0.3, -0.25) is 24.0 Å². The van der Waals surface area contributed by atoms with Crippen LogP contribution in [0.15, 0.2) is 23.1 Å². The number of piperazine rings is 1. The van der Waals surface area contributed by atoms with Crippen LogP contribution in [0.5, 0.6) is 5.75 Å². The smallest absolute Gasteiger partial charge is 0.320 e. The number of ether oxygens (including phenoxy) is 2. The normalized spacial score (nSPS) is 14.7. The van der Waals surface area contributed by atoms with E-state index in [0.717, 1.165) is 0 Å². The average Bonchev–Trinajstić information content (AvgIpc) is 3.19. The predicted molar refractivity (Wildman–Crippen MR) is 143 cm³/mol. The van der Waals surface area contributed by atoms with Crippen LogP contribution in [0.3, 0.4) is 0 Å². The van der Waals surface area contributed by atoms with Crippen LogP contribution in [-0.4, -0.2) is 91.1 Å². The van der Waals surface area contributed by atoms with E-state index < -0.39 is 21.8 Å². The maximum Gasteiger partial charge on any atom is 0.320 e. The summed E-state index contributed by atoms with van der Waals surface area (Å²) in [5, 5.41) is 7.03. The Balaban J connectivity index is 1.88. The van der Waals surface area contributed by atoms with Crippen LogP contribution in [0.4, 0.5) is 5.69 Å². The Hall–Kier alpha value is -3.49. The van der Waals surface area contributed by atoms with Gasteiger partial charge in [-0.05, 0) is 38.5 Å². The highest BCUT2D eigenvalue weighted by atomic mass is 32.2. The number of anilines is 1. The number of carbonyl (C=O) groups excluding carboxylic acids is 3. The molecule has 0 unspecified atom stereocenters. The van der Waals surface area contributed by atoms with Gasteiger partial charge in [0.05, 0.1) is 41.6 Å². The minimum atomic E-state index is -3.95. The van der Waals surface area contributed by atoms with Gasteiger partial charge in [0.1, 0.15) is 11.4 Å². The summed E-state index contributed by atoms with van der Waals surface area (Å²) >= 11 is 0. The van der Waals surface area contributed by atoms with Crippen molar-refractivity contribution >= 4 is 33.5 Å². The summed E-state index contributed by atoms with van der Waals surface area (Å²) < 4.78 is 40.2. The predicted octanol–water partition coefficient (Wildman–Crippen LogP) is 0.992. The average molecular weight is 565 g/mol. The first-order valence-electron chi connectivity index (χ1n) is 12.8. The van der Waals surface area contributed by atoms with Gasteiger partial charge in [-0.15, -0.1) is 0 Å². The molecule has 0 saturated carbocycles. The van der Waals surface area contributed by atoms with Gasteiger partial charge in [-0.1, -0.05) is 13.3 Å². The van der Waals surface area contributed by atoms with E-state index in [4.69, 9.17) is 15.2 Å². The number of nitrogens with one attached hydrogen (secondary N) is 1. The van der Waals surface area contributed by atoms with E-state index in [1.807, 2.05) is 11.8 Å². The second kappa shape index (κ2) is 13.0. The number of benzene rings is 1. The van der Waals surface area contributed by atoms with Crippen molar-refractivity contribution in [1.29, 1.82) is 0 Å². The third-order valence-corrected chi connectivity index (χ3v) is 8.10. The van der Waals surface area contributed by atoms with Crippen molar-refractivity contribution in [3.05, 3.63) is 35.2 Å². The molecule has 1 saturated heterocycles. The summed E-state index contributed by atoms with van der Waals surface area (Å²) in [6.07, 6.45) is 1.20. The first-order valence-corrected chi connectivity index (χ1v) is 14.3. The highest BCUT2D eigenvalue weighted by Gasteiger charge is 2.31. The molecule has 1 aromatic heterocycles. The molecular weight excluding hydrogens is 528 g/mol. The van der Waals surface area contributed by atoms with Gasteiger partial charge >= 0.3 is 5.97 Å². The number of nitrogens with zero attached hydrogens (tertiary/aromatic N) is 4. The molecule has 2 heterocycles. The topological polar surface area (TPSA) is 166 Å². The molecule has 1 aromatic carbocycles. The molecule has 0 aliphatic carbocycles. The molecule has 3 N–H and O–H groups in total. The summed E-state index contributed by atoms with van der Waals surface area (Å²) in [5.41, 5.74) is 6.24. The van der Waals surface area contributed by atoms with Crippen molar-refractivity contribution in [3.63, 3.8) is 0 Å². The highest BCUT2D eigenvalue weighted by Crippen LogP contribution is 2.28. The summed E-state index contributed by atoms with van der Waals surface area (Å²) in [4.78, 5) is 39.1. The fourth-order valence-electron chi connectivity index (χ4n) is 4.38. The number of hydrogen-bond acceptors (Lipinski definition) is 9. The third-order valence-electron chi connectivity index (χ3n) is 6.20. The highest BCUT2D eigenvalue weighted by molar-refractivity contribution is 7.89. The van der Waals surface area contributed by atoms with Gasteiger partial charge < -0.3 is 20.5 Å². The number of aryl methyl sites for hydroxylation is 2. The van der Waals surface area contributed by atoms with Crippen molar-refractivity contribution in [3.8, 4) is 5.75 Å². The van der Waals surface area contributed by atoms with Crippen LogP contribution < -0.4 is 15.8 Å². The number of primary amides is 1. The molecule has 13 nitrogen and oxygen atoms in total. The monoisotopic (exact) mass is 564 g/mol.